The van der Waals surface area contributed by atoms with Crippen LogP contribution in [0.2, 0.25) is 0 Å². The van der Waals surface area contributed by atoms with Crippen LogP contribution < -0.4 is 27.0 Å². The van der Waals surface area contributed by atoms with E-state index in [-0.39, 0.29) is 48.0 Å². The maximum Gasteiger partial charge on any atom is 0.320 e. The fourth-order valence-electron chi connectivity index (χ4n) is 9.46. The smallest absolute Gasteiger partial charge is 0.320 e. The highest BCUT2D eigenvalue weighted by Gasteiger charge is 2.40. The number of likely N-dealkylation sites (tertiary alicyclic amines) is 1. The standard InChI is InChI=1S/C41H54N10O5/c1-46(41(56)49-18-19-50-30(25-49)22-44-38(43)35(50)21-33(42)32-4-2-3-5-36(32)52)28-12-14-47(15-13-28)23-26-10-16-48(17-11-26)29-6-7-31-27(20-29)24-51(40(31)55)34-8-9-37(53)45-39(34)54/h2-7,20-21,26,28,30,34,44,52H,8-19,22-25,42-43H2,1H3,(H,45,53,54)/b33-21-. The molecule has 2 aromatic rings. The Kier molecular flexibility index (Phi) is 10.4. The van der Waals surface area contributed by atoms with Gasteiger partial charge in [0, 0.05) is 107 Å². The van der Waals surface area contributed by atoms with E-state index in [4.69, 9.17) is 11.5 Å². The number of phenolic OH excluding ortho intramolecular Hbond substituents is 1. The number of nitrogens with zero attached hydrogens (tertiary/aromatic N) is 6. The first-order valence-corrected chi connectivity index (χ1v) is 20.1. The predicted molar refractivity (Wildman–Crippen MR) is 212 cm³/mol. The minimum Gasteiger partial charge on any atom is -0.507 e. The summed E-state index contributed by atoms with van der Waals surface area (Å²) in [4.78, 5) is 63.7. The van der Waals surface area contributed by atoms with Gasteiger partial charge in [0.15, 0.2) is 0 Å². The van der Waals surface area contributed by atoms with E-state index in [1.807, 2.05) is 41.1 Å². The molecule has 298 valence electrons. The monoisotopic (exact) mass is 766 g/mol. The number of benzene rings is 2. The van der Waals surface area contributed by atoms with Crippen molar-refractivity contribution in [2.24, 2.45) is 17.4 Å². The van der Waals surface area contributed by atoms with E-state index in [1.54, 1.807) is 23.1 Å². The zero-order chi connectivity index (χ0) is 39.1. The fourth-order valence-corrected chi connectivity index (χ4v) is 9.46. The van der Waals surface area contributed by atoms with E-state index in [0.717, 1.165) is 75.4 Å². The van der Waals surface area contributed by atoms with Crippen LogP contribution in [0.25, 0.3) is 5.70 Å². The van der Waals surface area contributed by atoms with Crippen molar-refractivity contribution in [3.8, 4) is 5.75 Å². The quantitative estimate of drug-likeness (QED) is 0.258. The lowest BCUT2D eigenvalue weighted by atomic mass is 9.94. The molecule has 0 bridgehead atoms. The molecule has 15 nitrogen and oxygen atoms in total. The molecule has 8 rings (SSSR count). The van der Waals surface area contributed by atoms with Crippen molar-refractivity contribution >= 4 is 35.1 Å². The Morgan fingerprint density at radius 3 is 2.48 bits per heavy atom. The van der Waals surface area contributed by atoms with Crippen LogP contribution in [0.5, 0.6) is 5.75 Å². The topological polar surface area (TPSA) is 184 Å². The van der Waals surface area contributed by atoms with Crippen molar-refractivity contribution in [3.05, 3.63) is 76.7 Å². The number of piperidine rings is 3. The third-order valence-electron chi connectivity index (χ3n) is 12.8. The van der Waals surface area contributed by atoms with Crippen LogP contribution in [0.3, 0.4) is 0 Å². The lowest BCUT2D eigenvalue weighted by Crippen LogP contribution is -2.62. The molecule has 4 saturated heterocycles. The average Bonchev–Trinajstić information content (AvgIpc) is 3.53. The summed E-state index contributed by atoms with van der Waals surface area (Å²) in [5, 5.41) is 16.0. The number of para-hydroxylation sites is 1. The van der Waals surface area contributed by atoms with Crippen molar-refractivity contribution in [1.29, 1.82) is 0 Å². The number of fused-ring (bicyclic) bond motifs is 2. The predicted octanol–water partition coefficient (Wildman–Crippen LogP) is 1.60. The van der Waals surface area contributed by atoms with Gasteiger partial charge in [-0.1, -0.05) is 12.1 Å². The molecule has 7 N–H and O–H groups in total. The van der Waals surface area contributed by atoms with Crippen molar-refractivity contribution < 1.29 is 24.3 Å². The van der Waals surface area contributed by atoms with Crippen molar-refractivity contribution in [1.82, 2.24) is 35.1 Å². The summed E-state index contributed by atoms with van der Waals surface area (Å²) < 4.78 is 0. The second-order valence-corrected chi connectivity index (χ2v) is 16.2. The number of aromatic hydroxyl groups is 1. The first-order chi connectivity index (χ1) is 27.0. The second-order valence-electron chi connectivity index (χ2n) is 16.2. The molecule has 6 aliphatic heterocycles. The van der Waals surface area contributed by atoms with E-state index in [1.165, 1.54) is 0 Å². The number of nitrogens with one attached hydrogen (secondary N) is 2. The first kappa shape index (κ1) is 37.5. The number of nitrogens with two attached hydrogens (primary N) is 2. The van der Waals surface area contributed by atoms with Crippen LogP contribution in [-0.2, 0) is 16.1 Å². The summed E-state index contributed by atoms with van der Waals surface area (Å²) in [6, 6.07) is 12.7. The maximum absolute atomic E-state index is 13.8. The van der Waals surface area contributed by atoms with E-state index in [9.17, 15) is 24.3 Å². The molecule has 2 atom stereocenters. The minimum atomic E-state index is -0.603. The third-order valence-corrected chi connectivity index (χ3v) is 12.8. The molecule has 6 heterocycles. The molecule has 15 heteroatoms. The zero-order valence-corrected chi connectivity index (χ0v) is 32.2. The number of allylic oxidation sites excluding steroid dienone is 1. The first-order valence-electron chi connectivity index (χ1n) is 20.1. The maximum atomic E-state index is 13.8. The summed E-state index contributed by atoms with van der Waals surface area (Å²) in [6.45, 7) is 7.75. The summed E-state index contributed by atoms with van der Waals surface area (Å²) >= 11 is 0. The number of anilines is 1. The van der Waals surface area contributed by atoms with Crippen LogP contribution >= 0.6 is 0 Å². The Morgan fingerprint density at radius 1 is 0.964 bits per heavy atom. The van der Waals surface area contributed by atoms with Crippen LogP contribution in [0.4, 0.5) is 10.5 Å². The lowest BCUT2D eigenvalue weighted by molar-refractivity contribution is -0.136. The Labute approximate surface area is 327 Å². The van der Waals surface area contributed by atoms with E-state index in [2.05, 4.69) is 31.4 Å². The Hall–Kier alpha value is -5.44. The number of carbonyl (C=O) groups excluding carboxylic acids is 4. The number of hydrogen-bond donors (Lipinski definition) is 5. The number of amides is 5. The summed E-state index contributed by atoms with van der Waals surface area (Å²) in [6.07, 6.45) is 6.52. The molecule has 0 radical (unpaired) electrons. The molecule has 5 amide bonds. The van der Waals surface area contributed by atoms with Crippen molar-refractivity contribution in [2.45, 2.75) is 63.2 Å². The Morgan fingerprint density at radius 2 is 1.73 bits per heavy atom. The number of hydrogen-bond acceptors (Lipinski definition) is 11. The van der Waals surface area contributed by atoms with Crippen LogP contribution in [0.1, 0.15) is 60.0 Å². The molecule has 0 aliphatic carbocycles. The highest BCUT2D eigenvalue weighted by molar-refractivity contribution is 6.05. The molecular formula is C41H54N10O5. The molecule has 0 spiro atoms. The lowest BCUT2D eigenvalue weighted by Gasteiger charge is -2.47. The Balaban J connectivity index is 0.784. The average molecular weight is 767 g/mol. The largest absolute Gasteiger partial charge is 0.507 e. The number of rotatable bonds is 7. The van der Waals surface area contributed by atoms with E-state index < -0.39 is 6.04 Å². The zero-order valence-electron chi connectivity index (χ0n) is 32.2. The van der Waals surface area contributed by atoms with Crippen LogP contribution in [0, 0.1) is 5.92 Å². The second kappa shape index (κ2) is 15.6. The van der Waals surface area contributed by atoms with Crippen molar-refractivity contribution in [3.63, 3.8) is 0 Å². The number of piperazine rings is 1. The number of urea groups is 1. The van der Waals surface area contributed by atoms with Gasteiger partial charge in [-0.05, 0) is 80.0 Å². The molecular weight excluding hydrogens is 713 g/mol. The molecule has 0 saturated carbocycles. The number of imide groups is 1. The van der Waals surface area contributed by atoms with Gasteiger partial charge in [-0.15, -0.1) is 0 Å². The highest BCUT2D eigenvalue weighted by Crippen LogP contribution is 2.33. The molecule has 4 fully saturated rings. The molecule has 2 unspecified atom stereocenters. The van der Waals surface area contributed by atoms with Gasteiger partial charge in [0.1, 0.15) is 17.6 Å². The van der Waals surface area contributed by atoms with Crippen LogP contribution in [-0.4, -0.2) is 137 Å². The van der Waals surface area contributed by atoms with Gasteiger partial charge in [0.05, 0.1) is 11.7 Å². The Bertz CT molecular complexity index is 1930. The van der Waals surface area contributed by atoms with Gasteiger partial charge < -0.3 is 51.3 Å². The van der Waals surface area contributed by atoms with Gasteiger partial charge in [-0.25, -0.2) is 4.79 Å². The highest BCUT2D eigenvalue weighted by atomic mass is 16.3. The van der Waals surface area contributed by atoms with Gasteiger partial charge in [0.2, 0.25) is 11.8 Å². The fraction of sp³-hybridized carbons (Fsp3) is 0.512. The molecule has 56 heavy (non-hydrogen) atoms. The summed E-state index contributed by atoms with van der Waals surface area (Å²) in [5.74, 6) is 0.453. The van der Waals surface area contributed by atoms with E-state index >= 15 is 0 Å². The number of carbonyl (C=O) groups is 4. The SMILES string of the molecule is CN(C(=O)N1CCN2C(/C=C(\N)c3ccccc3O)=C(N)NCC2C1)C1CCN(CC2CCN(c3ccc4c(c3)CN(C3CCC(=O)NC3=O)C4=O)CC2)CC1. The normalized spacial score (nSPS) is 24.2. The van der Waals surface area contributed by atoms with Gasteiger partial charge in [-0.2, -0.15) is 0 Å². The van der Waals surface area contributed by atoms with E-state index in [0.29, 0.717) is 67.7 Å². The van der Waals surface area contributed by atoms with Gasteiger partial charge >= 0.3 is 6.03 Å². The van der Waals surface area contributed by atoms with Gasteiger partial charge in [-0.3, -0.25) is 19.7 Å². The molecule has 6 aliphatic rings. The minimum absolute atomic E-state index is 0.0485. The number of phenols is 1. The molecule has 2 aromatic carbocycles. The van der Waals surface area contributed by atoms with Gasteiger partial charge in [0.25, 0.3) is 5.91 Å². The van der Waals surface area contributed by atoms with Crippen molar-refractivity contribution in [2.75, 3.05) is 70.9 Å². The molecule has 0 aromatic heterocycles. The summed E-state index contributed by atoms with van der Waals surface area (Å²) in [5.41, 5.74) is 17.2. The van der Waals surface area contributed by atoms with Crippen LogP contribution in [0.15, 0.2) is 60.1 Å². The third kappa shape index (κ3) is 7.43. The summed E-state index contributed by atoms with van der Waals surface area (Å²) in [7, 11) is 1.95.